The molecule has 1 aliphatic heterocycles. The van der Waals surface area contributed by atoms with Crippen LogP contribution in [0.1, 0.15) is 106 Å². The molecule has 1 saturated heterocycles. The van der Waals surface area contributed by atoms with Gasteiger partial charge < -0.3 is 14.6 Å². The van der Waals surface area contributed by atoms with Crippen molar-refractivity contribution in [3.8, 4) is 16.2 Å². The highest BCUT2D eigenvalue weighted by molar-refractivity contribution is 7.15. The van der Waals surface area contributed by atoms with E-state index in [9.17, 15) is 14.7 Å². The lowest BCUT2D eigenvalue weighted by Gasteiger charge is -2.51. The second kappa shape index (κ2) is 14.0. The summed E-state index contributed by atoms with van der Waals surface area (Å²) in [6.45, 7) is 6.61. The Morgan fingerprint density at radius 1 is 1.00 bits per heavy atom. The van der Waals surface area contributed by atoms with Gasteiger partial charge in [0.2, 0.25) is 5.91 Å². The zero-order valence-corrected chi connectivity index (χ0v) is 30.0. The highest BCUT2D eigenvalue weighted by atomic mass is 32.1. The maximum Gasteiger partial charge on any atom is 0.410 e. The number of ether oxygens (including phenoxy) is 2. The van der Waals surface area contributed by atoms with Gasteiger partial charge in [0.05, 0.1) is 40.9 Å². The zero-order chi connectivity index (χ0) is 34.3. The van der Waals surface area contributed by atoms with E-state index in [1.54, 1.807) is 23.3 Å². The van der Waals surface area contributed by atoms with E-state index in [2.05, 4.69) is 12.1 Å². The average molecular weight is 688 g/mol. The molecule has 10 nitrogen and oxygen atoms in total. The molecular weight excluding hydrogens is 639 g/mol. The Kier molecular flexibility index (Phi) is 9.67. The van der Waals surface area contributed by atoms with Crippen LogP contribution in [0.25, 0.3) is 10.4 Å². The van der Waals surface area contributed by atoms with Crippen LogP contribution in [-0.4, -0.2) is 74.9 Å². The predicted molar refractivity (Wildman–Crippen MR) is 189 cm³/mol. The Morgan fingerprint density at radius 2 is 1.73 bits per heavy atom. The first-order valence-electron chi connectivity index (χ1n) is 18.0. The Bertz CT molecular complexity index is 1660. The Hall–Kier alpha value is -3.57. The van der Waals surface area contributed by atoms with Gasteiger partial charge in [0.1, 0.15) is 17.7 Å². The zero-order valence-electron chi connectivity index (χ0n) is 29.1. The number of amides is 2. The van der Waals surface area contributed by atoms with Gasteiger partial charge in [-0.3, -0.25) is 19.6 Å². The molecule has 0 bridgehead atoms. The number of pyridine rings is 2. The number of aromatic nitrogens is 3. The van der Waals surface area contributed by atoms with Gasteiger partial charge in [0.25, 0.3) is 0 Å². The lowest BCUT2D eigenvalue weighted by Crippen LogP contribution is -2.69. The number of β-amino-alcohol motifs (C(OH)–C–C–N with tert-alkyl or cyclic N) is 1. The predicted octanol–water partition coefficient (Wildman–Crippen LogP) is 7.25. The summed E-state index contributed by atoms with van der Waals surface area (Å²) in [6, 6.07) is 8.20. The van der Waals surface area contributed by atoms with Crippen molar-refractivity contribution in [1.29, 1.82) is 0 Å². The highest BCUT2D eigenvalue weighted by Gasteiger charge is 2.49. The molecule has 1 N–H and O–H groups in total. The lowest BCUT2D eigenvalue weighted by atomic mass is 9.79. The van der Waals surface area contributed by atoms with Gasteiger partial charge in [-0.1, -0.05) is 0 Å². The molecule has 3 saturated carbocycles. The first-order valence-corrected chi connectivity index (χ1v) is 18.8. The van der Waals surface area contributed by atoms with Gasteiger partial charge in [0.15, 0.2) is 0 Å². The summed E-state index contributed by atoms with van der Waals surface area (Å²) in [5.41, 5.74) is 2.48. The Labute approximate surface area is 293 Å². The molecule has 1 unspecified atom stereocenters. The van der Waals surface area contributed by atoms with Crippen molar-refractivity contribution >= 4 is 29.2 Å². The van der Waals surface area contributed by atoms with Gasteiger partial charge in [0, 0.05) is 42.4 Å². The lowest BCUT2D eigenvalue weighted by molar-refractivity contribution is -0.125. The van der Waals surface area contributed by atoms with Crippen LogP contribution in [0.2, 0.25) is 0 Å². The molecule has 3 aliphatic carbocycles. The van der Waals surface area contributed by atoms with Crippen LogP contribution < -0.4 is 9.64 Å². The van der Waals surface area contributed by atoms with Crippen LogP contribution in [0, 0.1) is 18.8 Å². The monoisotopic (exact) mass is 687 g/mol. The van der Waals surface area contributed by atoms with Crippen molar-refractivity contribution in [3.63, 3.8) is 0 Å². The van der Waals surface area contributed by atoms with Crippen molar-refractivity contribution in [3.05, 3.63) is 53.1 Å². The molecule has 0 aromatic carbocycles. The molecule has 262 valence electrons. The maximum absolute atomic E-state index is 14.4. The van der Waals surface area contributed by atoms with Crippen molar-refractivity contribution in [2.24, 2.45) is 11.8 Å². The number of aliphatic hydroxyl groups is 1. The van der Waals surface area contributed by atoms with Gasteiger partial charge in [-0.2, -0.15) is 0 Å². The molecule has 7 rings (SSSR count). The Balaban J connectivity index is 1.04. The number of aryl methyl sites for hydroxylation is 1. The number of hydrogen-bond donors (Lipinski definition) is 1. The number of methoxy groups -OCH3 is 1. The molecule has 4 aliphatic rings. The Morgan fingerprint density at radius 3 is 2.39 bits per heavy atom. The minimum absolute atomic E-state index is 0.110. The maximum atomic E-state index is 14.4. The van der Waals surface area contributed by atoms with Crippen molar-refractivity contribution in [1.82, 2.24) is 19.9 Å². The first kappa shape index (κ1) is 33.9. The van der Waals surface area contributed by atoms with Crippen molar-refractivity contribution in [2.45, 2.75) is 115 Å². The largest absolute Gasteiger partial charge is 0.495 e. The number of nitrogens with zero attached hydrogens (tertiary/aromatic N) is 5. The summed E-state index contributed by atoms with van der Waals surface area (Å²) in [7, 11) is 1.68. The van der Waals surface area contributed by atoms with Gasteiger partial charge in [-0.15, -0.1) is 11.3 Å². The van der Waals surface area contributed by atoms with Crippen LogP contribution in [-0.2, 0) is 9.53 Å². The van der Waals surface area contributed by atoms with E-state index < -0.39 is 11.6 Å². The molecule has 3 aromatic rings. The molecule has 49 heavy (non-hydrogen) atoms. The van der Waals surface area contributed by atoms with Crippen LogP contribution in [0.5, 0.6) is 5.75 Å². The van der Waals surface area contributed by atoms with Gasteiger partial charge >= 0.3 is 6.09 Å². The molecule has 4 fully saturated rings. The summed E-state index contributed by atoms with van der Waals surface area (Å²) in [4.78, 5) is 46.2. The van der Waals surface area contributed by atoms with Crippen molar-refractivity contribution in [2.75, 3.05) is 25.1 Å². The molecule has 4 heterocycles. The van der Waals surface area contributed by atoms with Gasteiger partial charge in [-0.25, -0.2) is 14.8 Å². The van der Waals surface area contributed by atoms with E-state index in [0.717, 1.165) is 53.3 Å². The van der Waals surface area contributed by atoms with Crippen LogP contribution in [0.4, 0.5) is 10.6 Å². The molecule has 2 amide bonds. The summed E-state index contributed by atoms with van der Waals surface area (Å²) < 4.78 is 11.3. The summed E-state index contributed by atoms with van der Waals surface area (Å²) >= 11 is 1.75. The smallest absolute Gasteiger partial charge is 0.410 e. The minimum atomic E-state index is -0.617. The molecule has 3 aromatic heterocycles. The molecular formula is C38H49N5O5S. The number of thiazole rings is 1. The normalized spacial score (nSPS) is 26.5. The minimum Gasteiger partial charge on any atom is -0.495 e. The fraction of sp³-hybridized carbons (Fsp3) is 0.605. The highest BCUT2D eigenvalue weighted by Crippen LogP contribution is 2.44. The van der Waals surface area contributed by atoms with E-state index in [4.69, 9.17) is 24.4 Å². The molecule has 1 atom stereocenters. The number of rotatable bonds is 9. The average Bonchev–Trinajstić information content (AvgIpc) is 3.85. The van der Waals surface area contributed by atoms with Gasteiger partial charge in [-0.05, 0) is 121 Å². The van der Waals surface area contributed by atoms with Crippen molar-refractivity contribution < 1.29 is 24.2 Å². The molecule has 11 heteroatoms. The summed E-state index contributed by atoms with van der Waals surface area (Å²) in [6.07, 6.45) is 11.8. The second-order valence-electron chi connectivity index (χ2n) is 15.1. The van der Waals surface area contributed by atoms with E-state index in [0.29, 0.717) is 62.3 Å². The molecule has 0 radical (unpaired) electrons. The van der Waals surface area contributed by atoms with E-state index in [-0.39, 0.29) is 24.0 Å². The standard InChI is InChI=1S/C38H49N5O5S/c1-23-31(47-4)16-15-30(41-23)25-7-5-24(6-8-25)21-42(34-19-28(17-18-39-34)32-20-40-35(49-32)26-9-10-26)36(45)27-11-13-29(14-12-27)48-37(46)43-22-33(44)38(43,2)3/h15-20,24-27,29,33,44H,5-14,21-22H2,1-4H3. The van der Waals surface area contributed by atoms with E-state index in [1.165, 1.54) is 17.8 Å². The quantitative estimate of drug-likeness (QED) is 0.250. The third kappa shape index (κ3) is 7.20. The SMILES string of the molecule is COc1ccc(C2CCC(CN(C(=O)C3CCC(OC(=O)N4CC(O)C4(C)C)CC3)c3cc(-c4cnc(C5CC5)s4)ccn3)CC2)nc1C. The van der Waals surface area contributed by atoms with E-state index in [1.807, 2.05) is 50.2 Å². The number of likely N-dealkylation sites (tertiary alicyclic amines) is 1. The van der Waals surface area contributed by atoms with Crippen LogP contribution in [0.15, 0.2) is 36.7 Å². The van der Waals surface area contributed by atoms with Crippen LogP contribution >= 0.6 is 11.3 Å². The number of carbonyl (C=O) groups excluding carboxylic acids is 2. The first-order chi connectivity index (χ1) is 23.6. The number of carbonyl (C=O) groups is 2. The topological polar surface area (TPSA) is 118 Å². The third-order valence-corrected chi connectivity index (χ3v) is 12.6. The second-order valence-corrected chi connectivity index (χ2v) is 16.1. The van der Waals surface area contributed by atoms with Crippen LogP contribution in [0.3, 0.4) is 0 Å². The molecule has 0 spiro atoms. The number of aliphatic hydroxyl groups excluding tert-OH is 1. The third-order valence-electron chi connectivity index (χ3n) is 11.4. The van der Waals surface area contributed by atoms with E-state index >= 15 is 0 Å². The fourth-order valence-corrected chi connectivity index (χ4v) is 8.81. The number of anilines is 1. The number of hydrogen-bond acceptors (Lipinski definition) is 9. The fourth-order valence-electron chi connectivity index (χ4n) is 7.73. The summed E-state index contributed by atoms with van der Waals surface area (Å²) in [5, 5.41) is 11.3. The summed E-state index contributed by atoms with van der Waals surface area (Å²) in [5.74, 6) is 2.84.